The molecule has 1 aliphatic carbocycles. The lowest BCUT2D eigenvalue weighted by Gasteiger charge is -2.20. The normalized spacial score (nSPS) is 14.9. The molecule has 2 atom stereocenters. The van der Waals surface area contributed by atoms with Crippen LogP contribution >= 0.6 is 11.8 Å². The van der Waals surface area contributed by atoms with Gasteiger partial charge in [-0.2, -0.15) is 0 Å². The first-order valence-corrected chi connectivity index (χ1v) is 11.5. The number of nitrogens with zero attached hydrogens (tertiary/aromatic N) is 2. The molecule has 0 bridgehead atoms. The van der Waals surface area contributed by atoms with E-state index in [9.17, 15) is 9.59 Å². The predicted octanol–water partition coefficient (Wildman–Crippen LogP) is 4.21. The Bertz CT molecular complexity index is 1170. The van der Waals surface area contributed by atoms with E-state index in [0.29, 0.717) is 22.7 Å². The minimum atomic E-state index is -0.428. The standard InChI is InChI=1S/C24H27N3O3S/c1-15(14-30-3)27-23(29)20-9-4-5-10-21(20)26-24(27)31-16(2)22(28)25-19-12-11-17-7-6-8-18(17)13-19/h4-5,9-13,15-16H,6-8,14H2,1-3H3,(H,25,28)/t15-,16+/m1/s1. The molecule has 6 nitrogen and oxygen atoms in total. The quantitative estimate of drug-likeness (QED) is 0.443. The second kappa shape index (κ2) is 9.24. The summed E-state index contributed by atoms with van der Waals surface area (Å²) in [5.41, 5.74) is 4.01. The fourth-order valence-corrected chi connectivity index (χ4v) is 5.03. The van der Waals surface area contributed by atoms with Crippen LogP contribution < -0.4 is 10.9 Å². The van der Waals surface area contributed by atoms with E-state index in [1.807, 2.05) is 38.1 Å². The van der Waals surface area contributed by atoms with Gasteiger partial charge >= 0.3 is 0 Å². The molecule has 2 aromatic carbocycles. The van der Waals surface area contributed by atoms with Gasteiger partial charge in [-0.1, -0.05) is 30.0 Å². The van der Waals surface area contributed by atoms with Crippen LogP contribution in [0, 0.1) is 0 Å². The molecule has 0 unspecified atom stereocenters. The van der Waals surface area contributed by atoms with Crippen molar-refractivity contribution in [1.29, 1.82) is 0 Å². The number of benzene rings is 2. The number of amides is 1. The van der Waals surface area contributed by atoms with E-state index < -0.39 is 5.25 Å². The highest BCUT2D eigenvalue weighted by Gasteiger charge is 2.22. The Labute approximate surface area is 186 Å². The largest absolute Gasteiger partial charge is 0.383 e. The highest BCUT2D eigenvalue weighted by Crippen LogP contribution is 2.28. The first-order chi connectivity index (χ1) is 15.0. The number of para-hydroxylation sites is 1. The molecule has 3 aromatic rings. The zero-order valence-electron chi connectivity index (χ0n) is 18.1. The SMILES string of the molecule is COC[C@@H](C)n1c(S[C@@H](C)C(=O)Nc2ccc3c(c2)CCC3)nc2ccccc2c1=O. The number of ether oxygens (including phenoxy) is 1. The van der Waals surface area contributed by atoms with Crippen LogP contribution in [0.25, 0.3) is 10.9 Å². The maximum Gasteiger partial charge on any atom is 0.262 e. The Morgan fingerprint density at radius 1 is 1.19 bits per heavy atom. The number of carbonyl (C=O) groups excluding carboxylic acids is 1. The Balaban J connectivity index is 1.59. The Morgan fingerprint density at radius 2 is 1.97 bits per heavy atom. The van der Waals surface area contributed by atoms with Crippen molar-refractivity contribution < 1.29 is 9.53 Å². The van der Waals surface area contributed by atoms with Gasteiger partial charge in [0, 0.05) is 12.8 Å². The molecule has 1 N–H and O–H groups in total. The van der Waals surface area contributed by atoms with Crippen LogP contribution in [0.1, 0.15) is 37.4 Å². The van der Waals surface area contributed by atoms with Crippen molar-refractivity contribution in [3.8, 4) is 0 Å². The summed E-state index contributed by atoms with van der Waals surface area (Å²) in [7, 11) is 1.61. The van der Waals surface area contributed by atoms with Crippen molar-refractivity contribution in [2.45, 2.75) is 49.6 Å². The highest BCUT2D eigenvalue weighted by atomic mass is 32.2. The van der Waals surface area contributed by atoms with Gasteiger partial charge in [-0.15, -0.1) is 0 Å². The summed E-state index contributed by atoms with van der Waals surface area (Å²) in [6, 6.07) is 13.2. The van der Waals surface area contributed by atoms with E-state index in [2.05, 4.69) is 17.4 Å². The van der Waals surface area contributed by atoms with Crippen LogP contribution in [-0.2, 0) is 22.4 Å². The predicted molar refractivity (Wildman–Crippen MR) is 125 cm³/mol. The Morgan fingerprint density at radius 3 is 2.77 bits per heavy atom. The Hall–Kier alpha value is -2.64. The topological polar surface area (TPSA) is 73.2 Å². The van der Waals surface area contributed by atoms with E-state index >= 15 is 0 Å². The smallest absolute Gasteiger partial charge is 0.262 e. The molecule has 1 heterocycles. The van der Waals surface area contributed by atoms with Gasteiger partial charge in [0.2, 0.25) is 5.91 Å². The molecule has 1 aliphatic rings. The van der Waals surface area contributed by atoms with Gasteiger partial charge in [0.05, 0.1) is 28.8 Å². The van der Waals surface area contributed by atoms with Crippen molar-refractivity contribution >= 4 is 34.3 Å². The lowest BCUT2D eigenvalue weighted by molar-refractivity contribution is -0.115. The fourth-order valence-electron chi connectivity index (χ4n) is 4.02. The van der Waals surface area contributed by atoms with Crippen LogP contribution in [-0.4, -0.2) is 34.4 Å². The number of aryl methyl sites for hydroxylation is 2. The van der Waals surface area contributed by atoms with Crippen molar-refractivity contribution in [3.63, 3.8) is 0 Å². The summed E-state index contributed by atoms with van der Waals surface area (Å²) in [5, 5.41) is 3.67. The summed E-state index contributed by atoms with van der Waals surface area (Å²) in [6.45, 7) is 4.13. The third-order valence-electron chi connectivity index (χ3n) is 5.64. The number of nitrogens with one attached hydrogen (secondary N) is 1. The maximum atomic E-state index is 13.2. The monoisotopic (exact) mass is 437 g/mol. The molecule has 0 saturated heterocycles. The number of hydrogen-bond acceptors (Lipinski definition) is 5. The summed E-state index contributed by atoms with van der Waals surface area (Å²) in [4.78, 5) is 30.8. The molecule has 0 saturated carbocycles. The number of aromatic nitrogens is 2. The van der Waals surface area contributed by atoms with E-state index in [4.69, 9.17) is 9.72 Å². The molecule has 162 valence electrons. The van der Waals surface area contributed by atoms with Gasteiger partial charge in [-0.3, -0.25) is 14.2 Å². The number of carbonyl (C=O) groups is 1. The van der Waals surface area contributed by atoms with Gasteiger partial charge in [0.1, 0.15) is 0 Å². The second-order valence-corrected chi connectivity index (χ2v) is 9.29. The number of hydrogen-bond donors (Lipinski definition) is 1. The molecule has 1 amide bonds. The third-order valence-corrected chi connectivity index (χ3v) is 6.71. The Kier molecular flexibility index (Phi) is 6.43. The molecule has 4 rings (SSSR count). The number of methoxy groups -OCH3 is 1. The van der Waals surface area contributed by atoms with Crippen molar-refractivity contribution in [2.75, 3.05) is 19.0 Å². The average Bonchev–Trinajstić information content (AvgIpc) is 3.22. The molecule has 0 radical (unpaired) electrons. The highest BCUT2D eigenvalue weighted by molar-refractivity contribution is 8.00. The zero-order chi connectivity index (χ0) is 22.0. The van der Waals surface area contributed by atoms with E-state index in [-0.39, 0.29) is 17.5 Å². The van der Waals surface area contributed by atoms with Crippen molar-refractivity contribution in [1.82, 2.24) is 9.55 Å². The van der Waals surface area contributed by atoms with Gasteiger partial charge in [-0.05, 0) is 68.5 Å². The van der Waals surface area contributed by atoms with E-state index in [1.165, 1.54) is 29.3 Å². The third kappa shape index (κ3) is 4.52. The average molecular weight is 438 g/mol. The first kappa shape index (κ1) is 21.6. The minimum absolute atomic E-state index is 0.115. The van der Waals surface area contributed by atoms with E-state index in [1.54, 1.807) is 17.7 Å². The first-order valence-electron chi connectivity index (χ1n) is 10.6. The second-order valence-electron chi connectivity index (χ2n) is 7.98. The fraction of sp³-hybridized carbons (Fsp3) is 0.375. The lowest BCUT2D eigenvalue weighted by atomic mass is 10.1. The lowest BCUT2D eigenvalue weighted by Crippen LogP contribution is -2.30. The van der Waals surface area contributed by atoms with Crippen LogP contribution in [0.4, 0.5) is 5.69 Å². The van der Waals surface area contributed by atoms with Crippen LogP contribution in [0.15, 0.2) is 52.4 Å². The van der Waals surface area contributed by atoms with Crippen LogP contribution in [0.2, 0.25) is 0 Å². The van der Waals surface area contributed by atoms with Crippen LogP contribution in [0.5, 0.6) is 0 Å². The molecular weight excluding hydrogens is 410 g/mol. The molecule has 31 heavy (non-hydrogen) atoms. The van der Waals surface area contributed by atoms with Crippen LogP contribution in [0.3, 0.4) is 0 Å². The summed E-state index contributed by atoms with van der Waals surface area (Å²) >= 11 is 1.29. The van der Waals surface area contributed by atoms with Gasteiger partial charge < -0.3 is 10.1 Å². The minimum Gasteiger partial charge on any atom is -0.383 e. The van der Waals surface area contributed by atoms with Gasteiger partial charge in [0.25, 0.3) is 5.56 Å². The number of rotatable bonds is 7. The number of fused-ring (bicyclic) bond motifs is 2. The zero-order valence-corrected chi connectivity index (χ0v) is 18.9. The molecule has 7 heteroatoms. The molecule has 0 fully saturated rings. The van der Waals surface area contributed by atoms with Gasteiger partial charge in [0.15, 0.2) is 5.16 Å². The molecule has 0 spiro atoms. The molecule has 1 aromatic heterocycles. The summed E-state index contributed by atoms with van der Waals surface area (Å²) in [6.07, 6.45) is 3.35. The van der Waals surface area contributed by atoms with E-state index in [0.717, 1.165) is 18.5 Å². The van der Waals surface area contributed by atoms with Gasteiger partial charge in [-0.25, -0.2) is 4.98 Å². The number of thioether (sulfide) groups is 1. The summed E-state index contributed by atoms with van der Waals surface area (Å²) in [5.74, 6) is -0.115. The maximum absolute atomic E-state index is 13.2. The van der Waals surface area contributed by atoms with Crippen molar-refractivity contribution in [3.05, 3.63) is 63.9 Å². The van der Waals surface area contributed by atoms with Crippen molar-refractivity contribution in [2.24, 2.45) is 0 Å². The molecular formula is C24H27N3O3S. The summed E-state index contributed by atoms with van der Waals surface area (Å²) < 4.78 is 6.91. The number of anilines is 1. The molecule has 0 aliphatic heterocycles.